The van der Waals surface area contributed by atoms with Gasteiger partial charge in [0.1, 0.15) is 23.2 Å². The lowest BCUT2D eigenvalue weighted by atomic mass is 9.98. The van der Waals surface area contributed by atoms with Crippen LogP contribution in [0.4, 0.5) is 16.0 Å². The number of piperazine rings is 1. The molecule has 6 rings (SSSR count). The summed E-state index contributed by atoms with van der Waals surface area (Å²) in [6, 6.07) is 10.3. The lowest BCUT2D eigenvalue weighted by Crippen LogP contribution is -2.43. The van der Waals surface area contributed by atoms with Crippen molar-refractivity contribution < 1.29 is 4.39 Å². The summed E-state index contributed by atoms with van der Waals surface area (Å²) >= 11 is 0. The van der Waals surface area contributed by atoms with Crippen LogP contribution < -0.4 is 15.1 Å². The van der Waals surface area contributed by atoms with Crippen molar-refractivity contribution >= 4 is 17.3 Å². The molecule has 0 unspecified atom stereocenters. The summed E-state index contributed by atoms with van der Waals surface area (Å²) in [5.74, 6) is 1.86. The van der Waals surface area contributed by atoms with Crippen LogP contribution in [0.3, 0.4) is 0 Å². The Bertz CT molecular complexity index is 1220. The van der Waals surface area contributed by atoms with Crippen molar-refractivity contribution in [3.05, 3.63) is 60.1 Å². The third kappa shape index (κ3) is 3.88. The van der Waals surface area contributed by atoms with Gasteiger partial charge in [0.25, 0.3) is 0 Å². The maximum absolute atomic E-state index is 14.0. The minimum atomic E-state index is -0.0184. The number of allylic oxidation sites excluding steroid dienone is 2. The first-order valence-corrected chi connectivity index (χ1v) is 11.9. The fraction of sp³-hybridized carbons (Fsp3) is 0.400. The molecular formula is C25H28FN7. The van der Waals surface area contributed by atoms with Gasteiger partial charge in [-0.25, -0.2) is 18.9 Å². The Hall–Kier alpha value is -3.26. The third-order valence-corrected chi connectivity index (χ3v) is 6.80. The molecule has 3 aromatic heterocycles. The first-order chi connectivity index (χ1) is 16.3. The van der Waals surface area contributed by atoms with Gasteiger partial charge in [-0.2, -0.15) is 0 Å². The standard InChI is InChI=1S/C25H28FN7/c26-19-5-1-4-18(16-19)21-7-3-13-32(21)25-10-9-23-28-17-22(33(23)30-25)20-6-2-8-24(29-20)31-14-11-27-12-15-31/h2,4,6,8-10,16-17,21,27H,1,3,5,7,11-15H2/t21-/m1/s1. The monoisotopic (exact) mass is 445 g/mol. The topological polar surface area (TPSA) is 61.6 Å². The van der Waals surface area contributed by atoms with Crippen LogP contribution >= 0.6 is 0 Å². The van der Waals surface area contributed by atoms with Crippen LogP contribution in [0.25, 0.3) is 17.0 Å². The summed E-state index contributed by atoms with van der Waals surface area (Å²) in [6.07, 6.45) is 9.12. The van der Waals surface area contributed by atoms with Crippen LogP contribution in [0.5, 0.6) is 0 Å². The Balaban J connectivity index is 1.34. The fourth-order valence-corrected chi connectivity index (χ4v) is 5.14. The minimum absolute atomic E-state index is 0.0184. The first kappa shape index (κ1) is 20.4. The Morgan fingerprint density at radius 3 is 2.82 bits per heavy atom. The van der Waals surface area contributed by atoms with Gasteiger partial charge in [-0.1, -0.05) is 12.1 Å². The number of nitrogens with one attached hydrogen (secondary N) is 1. The van der Waals surface area contributed by atoms with E-state index in [2.05, 4.69) is 38.3 Å². The van der Waals surface area contributed by atoms with E-state index in [9.17, 15) is 4.39 Å². The van der Waals surface area contributed by atoms with Gasteiger partial charge in [-0.3, -0.25) is 0 Å². The molecule has 1 atom stereocenters. The molecule has 3 aromatic rings. The Morgan fingerprint density at radius 2 is 1.94 bits per heavy atom. The van der Waals surface area contributed by atoms with Crippen molar-refractivity contribution in [2.24, 2.45) is 0 Å². The number of anilines is 2. The van der Waals surface area contributed by atoms with Gasteiger partial charge >= 0.3 is 0 Å². The molecule has 7 nitrogen and oxygen atoms in total. The van der Waals surface area contributed by atoms with Gasteiger partial charge in [0.15, 0.2) is 5.65 Å². The molecule has 0 amide bonds. The zero-order valence-electron chi connectivity index (χ0n) is 18.6. The van der Waals surface area contributed by atoms with E-state index < -0.39 is 0 Å². The van der Waals surface area contributed by atoms with Gasteiger partial charge in [-0.15, -0.1) is 5.10 Å². The quantitative estimate of drug-likeness (QED) is 0.660. The smallest absolute Gasteiger partial charge is 0.154 e. The van der Waals surface area contributed by atoms with E-state index in [0.29, 0.717) is 6.42 Å². The SMILES string of the molecule is FC1=CC([C@H]2CCCN2c2ccc3ncc(-c4cccc(N5CCNCC5)n4)n3n2)=CCC1. The molecule has 170 valence electrons. The van der Waals surface area contributed by atoms with Crippen molar-refractivity contribution in [1.29, 1.82) is 0 Å². The van der Waals surface area contributed by atoms with E-state index in [4.69, 9.17) is 10.1 Å². The molecule has 33 heavy (non-hydrogen) atoms. The normalized spacial score (nSPS) is 21.4. The Kier molecular flexibility index (Phi) is 5.30. The summed E-state index contributed by atoms with van der Waals surface area (Å²) in [5.41, 5.74) is 3.61. The Labute approximate surface area is 192 Å². The molecule has 5 heterocycles. The molecule has 0 bridgehead atoms. The second-order valence-corrected chi connectivity index (χ2v) is 8.91. The molecule has 0 aromatic carbocycles. The predicted octanol–water partition coefficient (Wildman–Crippen LogP) is 3.74. The second-order valence-electron chi connectivity index (χ2n) is 8.91. The molecule has 3 aliphatic rings. The number of hydrogen-bond donors (Lipinski definition) is 1. The van der Waals surface area contributed by atoms with Gasteiger partial charge in [0.2, 0.25) is 0 Å². The Morgan fingerprint density at radius 1 is 1.03 bits per heavy atom. The highest BCUT2D eigenvalue weighted by Crippen LogP contribution is 2.33. The van der Waals surface area contributed by atoms with Gasteiger partial charge in [0, 0.05) is 39.1 Å². The molecule has 1 N–H and O–H groups in total. The van der Waals surface area contributed by atoms with E-state index in [-0.39, 0.29) is 11.9 Å². The number of halogens is 1. The fourth-order valence-electron chi connectivity index (χ4n) is 5.14. The molecular weight excluding hydrogens is 417 g/mol. The highest BCUT2D eigenvalue weighted by atomic mass is 19.1. The molecule has 2 aliphatic heterocycles. The molecule has 1 aliphatic carbocycles. The van der Waals surface area contributed by atoms with E-state index in [1.165, 1.54) is 0 Å². The second kappa shape index (κ2) is 8.59. The number of fused-ring (bicyclic) bond motifs is 1. The van der Waals surface area contributed by atoms with Crippen LogP contribution in [-0.4, -0.2) is 58.3 Å². The van der Waals surface area contributed by atoms with Crippen LogP contribution in [0.1, 0.15) is 25.7 Å². The molecule has 8 heteroatoms. The van der Waals surface area contributed by atoms with E-state index in [0.717, 1.165) is 86.2 Å². The average molecular weight is 446 g/mol. The summed E-state index contributed by atoms with van der Waals surface area (Å²) in [7, 11) is 0. The highest BCUT2D eigenvalue weighted by molar-refractivity contribution is 5.63. The van der Waals surface area contributed by atoms with Crippen molar-refractivity contribution in [2.45, 2.75) is 31.7 Å². The van der Waals surface area contributed by atoms with Crippen molar-refractivity contribution in [3.63, 3.8) is 0 Å². The zero-order valence-corrected chi connectivity index (χ0v) is 18.6. The van der Waals surface area contributed by atoms with Crippen LogP contribution in [0, 0.1) is 0 Å². The lowest BCUT2D eigenvalue weighted by molar-refractivity contribution is 0.579. The number of rotatable bonds is 4. The van der Waals surface area contributed by atoms with Crippen LogP contribution in [0.15, 0.2) is 60.1 Å². The number of hydrogen-bond acceptors (Lipinski definition) is 6. The van der Waals surface area contributed by atoms with Gasteiger partial charge in [-0.05, 0) is 55.2 Å². The number of nitrogens with zero attached hydrogens (tertiary/aromatic N) is 6. The van der Waals surface area contributed by atoms with Crippen molar-refractivity contribution in [2.75, 3.05) is 42.5 Å². The summed E-state index contributed by atoms with van der Waals surface area (Å²) in [5, 5.41) is 8.36. The molecule has 0 spiro atoms. The largest absolute Gasteiger partial charge is 0.354 e. The molecule has 2 saturated heterocycles. The minimum Gasteiger partial charge on any atom is -0.354 e. The van der Waals surface area contributed by atoms with Gasteiger partial charge < -0.3 is 15.1 Å². The maximum Gasteiger partial charge on any atom is 0.154 e. The predicted molar refractivity (Wildman–Crippen MR) is 128 cm³/mol. The van der Waals surface area contributed by atoms with Gasteiger partial charge in [0.05, 0.1) is 17.9 Å². The lowest BCUT2D eigenvalue weighted by Gasteiger charge is -2.28. The van der Waals surface area contributed by atoms with E-state index in [1.54, 1.807) is 6.08 Å². The zero-order chi connectivity index (χ0) is 22.2. The third-order valence-electron chi connectivity index (χ3n) is 6.80. The summed E-state index contributed by atoms with van der Waals surface area (Å²) in [6.45, 7) is 4.76. The average Bonchev–Trinajstić information content (AvgIpc) is 3.52. The maximum atomic E-state index is 14.0. The van der Waals surface area contributed by atoms with Crippen molar-refractivity contribution in [3.8, 4) is 11.4 Å². The molecule has 2 fully saturated rings. The van der Waals surface area contributed by atoms with Crippen LogP contribution in [0.2, 0.25) is 0 Å². The van der Waals surface area contributed by atoms with E-state index in [1.807, 2.05) is 28.9 Å². The highest BCUT2D eigenvalue weighted by Gasteiger charge is 2.29. The van der Waals surface area contributed by atoms with Crippen LogP contribution in [-0.2, 0) is 0 Å². The number of pyridine rings is 1. The summed E-state index contributed by atoms with van der Waals surface area (Å²) in [4.78, 5) is 14.1. The number of imidazole rings is 1. The van der Waals surface area contributed by atoms with E-state index >= 15 is 0 Å². The number of aromatic nitrogens is 4. The molecule has 0 radical (unpaired) electrons. The first-order valence-electron chi connectivity index (χ1n) is 11.9. The summed E-state index contributed by atoms with van der Waals surface area (Å²) < 4.78 is 15.8. The van der Waals surface area contributed by atoms with Crippen molar-refractivity contribution in [1.82, 2.24) is 24.9 Å². The molecule has 0 saturated carbocycles.